The van der Waals surface area contributed by atoms with Crippen LogP contribution in [0.1, 0.15) is 17.5 Å². The van der Waals surface area contributed by atoms with Crippen molar-refractivity contribution in [3.05, 3.63) is 29.3 Å². The summed E-state index contributed by atoms with van der Waals surface area (Å²) >= 11 is 0. The number of hydrogen-bond donors (Lipinski definition) is 1. The number of hydrogen-bond acceptors (Lipinski definition) is 1. The molecule has 2 rings (SSSR count). The van der Waals surface area contributed by atoms with Gasteiger partial charge in [-0.3, -0.25) is 0 Å². The van der Waals surface area contributed by atoms with Gasteiger partial charge in [-0.15, -0.1) is 0 Å². The van der Waals surface area contributed by atoms with Gasteiger partial charge in [-0.25, -0.2) is 4.58 Å². The predicted octanol–water partition coefficient (Wildman–Crippen LogP) is 0.315. The van der Waals surface area contributed by atoms with E-state index in [9.17, 15) is 0 Å². The summed E-state index contributed by atoms with van der Waals surface area (Å²) in [5.74, 6) is 0.956. The SMILES string of the molecule is COc1ccc2c(c1)CC[N+](C)=C2CC[NH3+]. The van der Waals surface area contributed by atoms with E-state index in [1.54, 1.807) is 7.11 Å². The maximum atomic E-state index is 5.27. The minimum Gasteiger partial charge on any atom is -0.497 e. The summed E-state index contributed by atoms with van der Waals surface area (Å²) in [7, 11) is 3.88. The van der Waals surface area contributed by atoms with Gasteiger partial charge in [0.15, 0.2) is 5.71 Å². The largest absolute Gasteiger partial charge is 0.497 e. The number of likely N-dealkylation sites (N-methyl/N-ethyl adjacent to an activating group) is 1. The third-order valence-corrected chi connectivity index (χ3v) is 3.21. The topological polar surface area (TPSA) is 39.9 Å². The Morgan fingerprint density at radius 1 is 1.44 bits per heavy atom. The van der Waals surface area contributed by atoms with Crippen LogP contribution in [0.5, 0.6) is 5.75 Å². The Kier molecular flexibility index (Phi) is 3.25. The molecule has 1 aliphatic heterocycles. The van der Waals surface area contributed by atoms with E-state index in [0.717, 1.165) is 31.7 Å². The molecule has 3 heteroatoms. The Morgan fingerprint density at radius 3 is 2.94 bits per heavy atom. The number of nitrogens with zero attached hydrogens (tertiary/aromatic N) is 1. The Morgan fingerprint density at radius 2 is 2.25 bits per heavy atom. The van der Waals surface area contributed by atoms with E-state index in [-0.39, 0.29) is 0 Å². The number of quaternary nitrogens is 1. The molecule has 1 aromatic rings. The van der Waals surface area contributed by atoms with Crippen LogP contribution in [0.15, 0.2) is 18.2 Å². The van der Waals surface area contributed by atoms with Crippen LogP contribution >= 0.6 is 0 Å². The standard InChI is InChI=1S/C13H19N2O/c1-15-8-6-10-9-11(16-2)3-4-12(10)13(15)5-7-14/h3-4,9H,5-8,14H2,1-2H3/q+1/p+1. The first-order valence-electron chi connectivity index (χ1n) is 5.79. The zero-order valence-electron chi connectivity index (χ0n) is 10.1. The van der Waals surface area contributed by atoms with Gasteiger partial charge in [-0.2, -0.15) is 0 Å². The molecule has 0 unspecified atom stereocenters. The summed E-state index contributed by atoms with van der Waals surface area (Å²) in [6.07, 6.45) is 2.15. The molecule has 16 heavy (non-hydrogen) atoms. The second-order valence-corrected chi connectivity index (χ2v) is 4.24. The molecule has 0 radical (unpaired) electrons. The summed E-state index contributed by atoms with van der Waals surface area (Å²) < 4.78 is 7.61. The summed E-state index contributed by atoms with van der Waals surface area (Å²) in [5, 5.41) is 0. The fourth-order valence-corrected chi connectivity index (χ4v) is 2.31. The molecular weight excluding hydrogens is 200 g/mol. The van der Waals surface area contributed by atoms with E-state index in [1.165, 1.54) is 16.8 Å². The number of fused-ring (bicyclic) bond motifs is 1. The zero-order chi connectivity index (χ0) is 11.5. The lowest BCUT2D eigenvalue weighted by atomic mass is 9.95. The van der Waals surface area contributed by atoms with Crippen LogP contribution in [0.2, 0.25) is 0 Å². The monoisotopic (exact) mass is 220 g/mol. The first kappa shape index (κ1) is 11.1. The zero-order valence-corrected chi connectivity index (χ0v) is 10.1. The first-order chi connectivity index (χ1) is 7.76. The van der Waals surface area contributed by atoms with E-state index in [2.05, 4.69) is 29.5 Å². The molecule has 0 amide bonds. The van der Waals surface area contributed by atoms with Crippen molar-refractivity contribution in [3.63, 3.8) is 0 Å². The lowest BCUT2D eigenvalue weighted by Crippen LogP contribution is -2.51. The molecule has 3 N–H and O–H groups in total. The van der Waals surface area contributed by atoms with Crippen LogP contribution in [0.25, 0.3) is 0 Å². The molecule has 0 aliphatic carbocycles. The first-order valence-corrected chi connectivity index (χ1v) is 5.79. The molecule has 0 fully saturated rings. The van der Waals surface area contributed by atoms with Crippen molar-refractivity contribution in [1.29, 1.82) is 0 Å². The predicted molar refractivity (Wildman–Crippen MR) is 64.2 cm³/mol. The normalized spacial score (nSPS) is 14.9. The molecule has 1 heterocycles. The highest BCUT2D eigenvalue weighted by Crippen LogP contribution is 2.22. The second kappa shape index (κ2) is 4.66. The van der Waals surface area contributed by atoms with Gasteiger partial charge in [0.2, 0.25) is 0 Å². The maximum Gasteiger partial charge on any atom is 0.189 e. The molecule has 3 nitrogen and oxygen atoms in total. The van der Waals surface area contributed by atoms with Gasteiger partial charge in [0.05, 0.1) is 20.1 Å². The Labute approximate surface area is 96.5 Å². The van der Waals surface area contributed by atoms with Gasteiger partial charge in [-0.05, 0) is 23.8 Å². The van der Waals surface area contributed by atoms with Crippen molar-refractivity contribution in [2.45, 2.75) is 12.8 Å². The van der Waals surface area contributed by atoms with Gasteiger partial charge >= 0.3 is 0 Å². The van der Waals surface area contributed by atoms with E-state index in [4.69, 9.17) is 4.74 Å². The average Bonchev–Trinajstić information content (AvgIpc) is 2.32. The summed E-state index contributed by atoms with van der Waals surface area (Å²) in [5.41, 5.74) is 8.14. The quantitative estimate of drug-likeness (QED) is 0.732. The highest BCUT2D eigenvalue weighted by atomic mass is 16.5. The van der Waals surface area contributed by atoms with Gasteiger partial charge in [0.25, 0.3) is 0 Å². The van der Waals surface area contributed by atoms with Crippen molar-refractivity contribution >= 4 is 5.71 Å². The van der Waals surface area contributed by atoms with Crippen LogP contribution < -0.4 is 10.5 Å². The number of rotatable bonds is 3. The van der Waals surface area contributed by atoms with Crippen LogP contribution in [0.3, 0.4) is 0 Å². The fraction of sp³-hybridized carbons (Fsp3) is 0.462. The number of ether oxygens (including phenoxy) is 1. The summed E-state index contributed by atoms with van der Waals surface area (Å²) in [6.45, 7) is 2.04. The third kappa shape index (κ3) is 1.95. The highest BCUT2D eigenvalue weighted by Gasteiger charge is 2.23. The highest BCUT2D eigenvalue weighted by molar-refractivity contribution is 5.98. The molecule has 0 aromatic heterocycles. The van der Waals surface area contributed by atoms with Crippen molar-refractivity contribution < 1.29 is 15.0 Å². The Balaban J connectivity index is 2.43. The molecule has 86 valence electrons. The minimum absolute atomic E-state index is 0.950. The van der Waals surface area contributed by atoms with Crippen LogP contribution in [-0.4, -0.2) is 37.5 Å². The summed E-state index contributed by atoms with van der Waals surface area (Å²) in [4.78, 5) is 0. The molecule has 1 aliphatic rings. The Hall–Kier alpha value is -1.35. The molecule has 0 saturated carbocycles. The van der Waals surface area contributed by atoms with Crippen molar-refractivity contribution in [2.75, 3.05) is 27.2 Å². The summed E-state index contributed by atoms with van der Waals surface area (Å²) in [6, 6.07) is 6.38. The van der Waals surface area contributed by atoms with Crippen molar-refractivity contribution in [1.82, 2.24) is 0 Å². The number of methoxy groups -OCH3 is 1. The van der Waals surface area contributed by atoms with E-state index in [0.29, 0.717) is 0 Å². The van der Waals surface area contributed by atoms with Gasteiger partial charge in [-0.1, -0.05) is 0 Å². The van der Waals surface area contributed by atoms with E-state index >= 15 is 0 Å². The molecule has 0 atom stereocenters. The molecular formula is C13H20N2O+2. The third-order valence-electron chi connectivity index (χ3n) is 3.21. The van der Waals surface area contributed by atoms with Crippen molar-refractivity contribution in [2.24, 2.45) is 0 Å². The Bertz CT molecular complexity index is 424. The molecule has 1 aromatic carbocycles. The van der Waals surface area contributed by atoms with Crippen LogP contribution in [-0.2, 0) is 6.42 Å². The minimum atomic E-state index is 0.950. The fourth-order valence-electron chi connectivity index (χ4n) is 2.31. The maximum absolute atomic E-state index is 5.27. The van der Waals surface area contributed by atoms with Crippen LogP contribution in [0, 0.1) is 0 Å². The molecule has 0 bridgehead atoms. The van der Waals surface area contributed by atoms with Gasteiger partial charge in [0.1, 0.15) is 19.3 Å². The lowest BCUT2D eigenvalue weighted by molar-refractivity contribution is -0.500. The van der Waals surface area contributed by atoms with E-state index in [1.807, 2.05) is 6.07 Å². The number of benzene rings is 1. The molecule has 0 spiro atoms. The van der Waals surface area contributed by atoms with Gasteiger partial charge < -0.3 is 10.5 Å². The lowest BCUT2D eigenvalue weighted by Gasteiger charge is -2.16. The molecule has 0 saturated heterocycles. The average molecular weight is 220 g/mol. The second-order valence-electron chi connectivity index (χ2n) is 4.24. The van der Waals surface area contributed by atoms with E-state index < -0.39 is 0 Å². The van der Waals surface area contributed by atoms with Gasteiger partial charge in [0, 0.05) is 12.0 Å². The smallest absolute Gasteiger partial charge is 0.189 e. The van der Waals surface area contributed by atoms with Crippen LogP contribution in [0.4, 0.5) is 0 Å². The van der Waals surface area contributed by atoms with Crippen molar-refractivity contribution in [3.8, 4) is 5.75 Å².